The van der Waals surface area contributed by atoms with Crippen molar-refractivity contribution in [2.75, 3.05) is 6.26 Å². The van der Waals surface area contributed by atoms with E-state index in [2.05, 4.69) is 13.2 Å². The van der Waals surface area contributed by atoms with Crippen molar-refractivity contribution >= 4 is 9.84 Å². The maximum absolute atomic E-state index is 11.0. The van der Waals surface area contributed by atoms with E-state index in [4.69, 9.17) is 0 Å². The van der Waals surface area contributed by atoms with Crippen LogP contribution < -0.4 is 0 Å². The number of hydrogen-bond donors (Lipinski definition) is 0. The lowest BCUT2D eigenvalue weighted by Crippen LogP contribution is -2.16. The van der Waals surface area contributed by atoms with Crippen LogP contribution in [0.25, 0.3) is 0 Å². The van der Waals surface area contributed by atoms with Crippen LogP contribution in [0.5, 0.6) is 0 Å². The molecule has 0 bridgehead atoms. The zero-order chi connectivity index (χ0) is 8.91. The molecule has 0 spiro atoms. The molecule has 0 fully saturated rings. The van der Waals surface area contributed by atoms with Crippen LogP contribution in [-0.2, 0) is 9.84 Å². The molecule has 1 atom stereocenters. The van der Waals surface area contributed by atoms with Gasteiger partial charge in [0.2, 0.25) is 0 Å². The van der Waals surface area contributed by atoms with E-state index in [0.717, 1.165) is 0 Å². The Bertz CT molecular complexity index is 226. The molecule has 0 aliphatic rings. The second-order valence-electron chi connectivity index (χ2n) is 2.47. The van der Waals surface area contributed by atoms with Crippen LogP contribution in [0.2, 0.25) is 0 Å². The molecular formula is C8H14O2S. The minimum absolute atomic E-state index is 0.416. The first-order chi connectivity index (χ1) is 5.02. The molecule has 0 aliphatic carbocycles. The molecule has 0 N–H and O–H groups in total. The molecule has 0 unspecified atom stereocenters. The Hall–Kier alpha value is -0.570. The Kier molecular flexibility index (Phi) is 4.11. The normalized spacial score (nSPS) is 13.9. The standard InChI is InChI=1S/C8H14O2S/c1-4-6-7-8(5-2)11(3,9)10/h4-5,8H,1-2,6-7H2,3H3/t8-/m1/s1. The number of hydrogen-bond acceptors (Lipinski definition) is 2. The summed E-state index contributed by atoms with van der Waals surface area (Å²) in [6.07, 6.45) is 5.71. The van der Waals surface area contributed by atoms with Gasteiger partial charge in [0.25, 0.3) is 0 Å². The highest BCUT2D eigenvalue weighted by molar-refractivity contribution is 7.91. The molecule has 0 heterocycles. The fraction of sp³-hybridized carbons (Fsp3) is 0.500. The monoisotopic (exact) mass is 174 g/mol. The van der Waals surface area contributed by atoms with E-state index in [9.17, 15) is 8.42 Å². The van der Waals surface area contributed by atoms with Gasteiger partial charge in [0, 0.05) is 6.26 Å². The van der Waals surface area contributed by atoms with E-state index in [-0.39, 0.29) is 0 Å². The van der Waals surface area contributed by atoms with E-state index in [1.807, 2.05) is 0 Å². The van der Waals surface area contributed by atoms with Gasteiger partial charge in [-0.1, -0.05) is 12.2 Å². The number of sulfone groups is 1. The van der Waals surface area contributed by atoms with E-state index in [1.165, 1.54) is 12.3 Å². The third-order valence-corrected chi connectivity index (χ3v) is 3.00. The Labute approximate surface area is 68.5 Å². The van der Waals surface area contributed by atoms with Crippen molar-refractivity contribution in [3.8, 4) is 0 Å². The molecule has 0 radical (unpaired) electrons. The van der Waals surface area contributed by atoms with Gasteiger partial charge in [-0.2, -0.15) is 0 Å². The average Bonchev–Trinajstić information content (AvgIpc) is 1.87. The average molecular weight is 174 g/mol. The smallest absolute Gasteiger partial charge is 0.153 e. The Morgan fingerprint density at radius 1 is 1.45 bits per heavy atom. The highest BCUT2D eigenvalue weighted by Gasteiger charge is 2.14. The van der Waals surface area contributed by atoms with Gasteiger partial charge in [-0.05, 0) is 12.8 Å². The summed E-state index contributed by atoms with van der Waals surface area (Å²) in [5, 5.41) is -0.416. The SMILES string of the molecule is C=CCC[C@@H](C=C)S(C)(=O)=O. The molecule has 0 saturated heterocycles. The third-order valence-electron chi connectivity index (χ3n) is 1.47. The predicted molar refractivity (Wildman–Crippen MR) is 48.3 cm³/mol. The molecule has 2 nitrogen and oxygen atoms in total. The number of allylic oxidation sites excluding steroid dienone is 1. The summed E-state index contributed by atoms with van der Waals surface area (Å²) in [5.41, 5.74) is 0. The van der Waals surface area contributed by atoms with E-state index in [0.29, 0.717) is 12.8 Å². The second kappa shape index (κ2) is 4.34. The van der Waals surface area contributed by atoms with E-state index >= 15 is 0 Å². The Morgan fingerprint density at radius 3 is 2.27 bits per heavy atom. The quantitative estimate of drug-likeness (QED) is 0.593. The third kappa shape index (κ3) is 3.98. The summed E-state index contributed by atoms with van der Waals surface area (Å²) < 4.78 is 21.9. The summed E-state index contributed by atoms with van der Waals surface area (Å²) in [5.74, 6) is 0. The minimum atomic E-state index is -2.95. The van der Waals surface area contributed by atoms with E-state index < -0.39 is 15.1 Å². The van der Waals surface area contributed by atoms with Crippen molar-refractivity contribution in [1.82, 2.24) is 0 Å². The maximum Gasteiger partial charge on any atom is 0.153 e. The van der Waals surface area contributed by atoms with Gasteiger partial charge in [-0.3, -0.25) is 0 Å². The lowest BCUT2D eigenvalue weighted by atomic mass is 10.2. The van der Waals surface area contributed by atoms with Gasteiger partial charge < -0.3 is 0 Å². The van der Waals surface area contributed by atoms with Gasteiger partial charge in [-0.15, -0.1) is 13.2 Å². The summed E-state index contributed by atoms with van der Waals surface area (Å²) in [4.78, 5) is 0. The lowest BCUT2D eigenvalue weighted by molar-refractivity contribution is 0.590. The summed E-state index contributed by atoms with van der Waals surface area (Å²) in [6.45, 7) is 6.99. The van der Waals surface area contributed by atoms with Gasteiger partial charge >= 0.3 is 0 Å². The van der Waals surface area contributed by atoms with Crippen LogP contribution >= 0.6 is 0 Å². The maximum atomic E-state index is 11.0. The van der Waals surface area contributed by atoms with E-state index in [1.54, 1.807) is 6.08 Å². The zero-order valence-corrected chi connectivity index (χ0v) is 7.60. The van der Waals surface area contributed by atoms with Crippen molar-refractivity contribution in [3.05, 3.63) is 25.3 Å². The fourth-order valence-electron chi connectivity index (χ4n) is 0.789. The van der Waals surface area contributed by atoms with Crippen molar-refractivity contribution in [3.63, 3.8) is 0 Å². The topological polar surface area (TPSA) is 34.1 Å². The van der Waals surface area contributed by atoms with Crippen LogP contribution in [0, 0.1) is 0 Å². The largest absolute Gasteiger partial charge is 0.229 e. The Morgan fingerprint density at radius 2 is 2.00 bits per heavy atom. The zero-order valence-electron chi connectivity index (χ0n) is 6.79. The van der Waals surface area contributed by atoms with Gasteiger partial charge in [0.15, 0.2) is 9.84 Å². The number of rotatable bonds is 5. The van der Waals surface area contributed by atoms with Gasteiger partial charge in [0.1, 0.15) is 0 Å². The highest BCUT2D eigenvalue weighted by atomic mass is 32.2. The molecule has 0 aromatic carbocycles. The van der Waals surface area contributed by atoms with Crippen molar-refractivity contribution in [1.29, 1.82) is 0 Å². The summed E-state index contributed by atoms with van der Waals surface area (Å²) in [6, 6.07) is 0. The molecule has 0 aliphatic heterocycles. The van der Waals surface area contributed by atoms with Gasteiger partial charge in [0.05, 0.1) is 5.25 Å². The van der Waals surface area contributed by atoms with Crippen molar-refractivity contribution < 1.29 is 8.42 Å². The molecule has 3 heteroatoms. The highest BCUT2D eigenvalue weighted by Crippen LogP contribution is 2.08. The minimum Gasteiger partial charge on any atom is -0.229 e. The molecule has 0 saturated carbocycles. The van der Waals surface area contributed by atoms with Crippen molar-refractivity contribution in [2.45, 2.75) is 18.1 Å². The molecule has 0 aromatic rings. The van der Waals surface area contributed by atoms with Crippen LogP contribution in [0.4, 0.5) is 0 Å². The molecule has 0 rings (SSSR count). The predicted octanol–water partition coefficient (Wildman–Crippen LogP) is 1.55. The van der Waals surface area contributed by atoms with Gasteiger partial charge in [-0.25, -0.2) is 8.42 Å². The summed E-state index contributed by atoms with van der Waals surface area (Å²) in [7, 11) is -2.95. The first-order valence-corrected chi connectivity index (χ1v) is 5.40. The Balaban J connectivity index is 4.18. The molecule has 11 heavy (non-hydrogen) atoms. The summed E-state index contributed by atoms with van der Waals surface area (Å²) >= 11 is 0. The molecule has 64 valence electrons. The van der Waals surface area contributed by atoms with Crippen LogP contribution in [0.3, 0.4) is 0 Å². The van der Waals surface area contributed by atoms with Crippen molar-refractivity contribution in [2.24, 2.45) is 0 Å². The van der Waals surface area contributed by atoms with Crippen LogP contribution in [0.15, 0.2) is 25.3 Å². The molecule has 0 amide bonds. The first-order valence-electron chi connectivity index (χ1n) is 3.44. The second-order valence-corrected chi connectivity index (χ2v) is 4.73. The first kappa shape index (κ1) is 10.4. The fourth-order valence-corrected chi connectivity index (χ4v) is 1.70. The lowest BCUT2D eigenvalue weighted by Gasteiger charge is -2.07. The molecular weight excluding hydrogens is 160 g/mol. The van der Waals surface area contributed by atoms with Crippen LogP contribution in [-0.4, -0.2) is 19.9 Å². The van der Waals surface area contributed by atoms with Crippen LogP contribution in [0.1, 0.15) is 12.8 Å². The molecule has 0 aromatic heterocycles.